The summed E-state index contributed by atoms with van der Waals surface area (Å²) in [7, 11) is 6.17. The third-order valence-electron chi connectivity index (χ3n) is 1.57. The standard InChI is InChI=1S/2C6H6.C3H8O2.2CH5N/c2*1-2-4-6-5-3-1;1-4-3-5-2;2*1-2/h2*1-6H;3H2,1-2H3;2*2H2,1H3. The SMILES string of the molecule is CN.CN.COCOC.c1ccccc1.c1ccccc1. The summed E-state index contributed by atoms with van der Waals surface area (Å²) < 4.78 is 8.94. The van der Waals surface area contributed by atoms with E-state index in [9.17, 15) is 0 Å². The first-order chi connectivity index (χ1) is 10.4. The summed E-state index contributed by atoms with van der Waals surface area (Å²) in [6.07, 6.45) is 0. The molecule has 0 spiro atoms. The molecule has 0 fully saturated rings. The largest absolute Gasteiger partial charge is 0.359 e. The first kappa shape index (κ1) is 24.3. The van der Waals surface area contributed by atoms with Crippen molar-refractivity contribution in [3.63, 3.8) is 0 Å². The van der Waals surface area contributed by atoms with Gasteiger partial charge in [0.05, 0.1) is 0 Å². The fourth-order valence-electron chi connectivity index (χ4n) is 0.888. The van der Waals surface area contributed by atoms with Gasteiger partial charge in [0.2, 0.25) is 0 Å². The molecule has 4 N–H and O–H groups in total. The maximum Gasteiger partial charge on any atom is 0.145 e. The van der Waals surface area contributed by atoms with Gasteiger partial charge in [0.25, 0.3) is 0 Å². The van der Waals surface area contributed by atoms with Crippen molar-refractivity contribution >= 4 is 0 Å². The Morgan fingerprint density at radius 2 is 0.619 bits per heavy atom. The number of hydrogen-bond donors (Lipinski definition) is 2. The number of ether oxygens (including phenoxy) is 2. The molecule has 0 aliphatic heterocycles. The molecule has 21 heavy (non-hydrogen) atoms. The van der Waals surface area contributed by atoms with Gasteiger partial charge in [-0.1, -0.05) is 72.8 Å². The van der Waals surface area contributed by atoms with Crippen molar-refractivity contribution in [2.24, 2.45) is 11.5 Å². The van der Waals surface area contributed by atoms with Crippen LogP contribution in [0.25, 0.3) is 0 Å². The molecule has 2 aromatic carbocycles. The lowest BCUT2D eigenvalue weighted by atomic mass is 10.4. The zero-order valence-electron chi connectivity index (χ0n) is 13.6. The zero-order chi connectivity index (χ0) is 16.6. The maximum atomic E-state index is 4.50. The summed E-state index contributed by atoms with van der Waals surface area (Å²) in [5.74, 6) is 0. The van der Waals surface area contributed by atoms with Gasteiger partial charge in [-0.2, -0.15) is 0 Å². The molecule has 2 aromatic rings. The third-order valence-corrected chi connectivity index (χ3v) is 1.57. The molecule has 0 aliphatic carbocycles. The van der Waals surface area contributed by atoms with Crippen molar-refractivity contribution in [1.29, 1.82) is 0 Å². The quantitative estimate of drug-likeness (QED) is 0.836. The number of hydrogen-bond acceptors (Lipinski definition) is 4. The van der Waals surface area contributed by atoms with E-state index in [0.29, 0.717) is 6.79 Å². The normalized spacial score (nSPS) is 7.14. The average molecular weight is 294 g/mol. The molecule has 0 unspecified atom stereocenters. The molecule has 4 nitrogen and oxygen atoms in total. The van der Waals surface area contributed by atoms with Crippen LogP contribution in [0.3, 0.4) is 0 Å². The molecule has 2 rings (SSSR count). The fourth-order valence-corrected chi connectivity index (χ4v) is 0.888. The van der Waals surface area contributed by atoms with Gasteiger partial charge >= 0.3 is 0 Å². The highest BCUT2D eigenvalue weighted by Gasteiger charge is 1.63. The minimum atomic E-state index is 0.389. The van der Waals surface area contributed by atoms with Crippen LogP contribution in [-0.2, 0) is 9.47 Å². The molecule has 0 heterocycles. The van der Waals surface area contributed by atoms with Gasteiger partial charge in [-0.3, -0.25) is 0 Å². The molecule has 0 atom stereocenters. The Morgan fingerprint density at radius 1 is 0.476 bits per heavy atom. The van der Waals surface area contributed by atoms with Gasteiger partial charge in [0.15, 0.2) is 0 Å². The Hall–Kier alpha value is -1.72. The first-order valence-electron chi connectivity index (χ1n) is 6.55. The van der Waals surface area contributed by atoms with E-state index in [-0.39, 0.29) is 0 Å². The average Bonchev–Trinajstić information content (AvgIpc) is 2.63. The summed E-state index contributed by atoms with van der Waals surface area (Å²) in [6, 6.07) is 24.0. The van der Waals surface area contributed by atoms with Gasteiger partial charge < -0.3 is 20.9 Å². The van der Waals surface area contributed by atoms with Gasteiger partial charge in [0.1, 0.15) is 6.79 Å². The van der Waals surface area contributed by atoms with Crippen LogP contribution in [0.15, 0.2) is 72.8 Å². The van der Waals surface area contributed by atoms with Gasteiger partial charge in [0, 0.05) is 14.2 Å². The lowest BCUT2D eigenvalue weighted by Crippen LogP contribution is -1.87. The lowest BCUT2D eigenvalue weighted by Gasteiger charge is -1.87. The highest BCUT2D eigenvalue weighted by Crippen LogP contribution is 1.80. The second-order valence-corrected chi connectivity index (χ2v) is 3.00. The summed E-state index contributed by atoms with van der Waals surface area (Å²) in [5.41, 5.74) is 9.00. The van der Waals surface area contributed by atoms with E-state index >= 15 is 0 Å². The first-order valence-corrected chi connectivity index (χ1v) is 6.55. The topological polar surface area (TPSA) is 70.5 Å². The van der Waals surface area contributed by atoms with Gasteiger partial charge in [-0.15, -0.1) is 0 Å². The molecule has 0 aromatic heterocycles. The van der Waals surface area contributed by atoms with Crippen LogP contribution in [0.5, 0.6) is 0 Å². The Morgan fingerprint density at radius 3 is 0.667 bits per heavy atom. The third kappa shape index (κ3) is 32.1. The highest BCUT2D eigenvalue weighted by atomic mass is 16.6. The summed E-state index contributed by atoms with van der Waals surface area (Å²) in [4.78, 5) is 0. The predicted octanol–water partition coefficient (Wildman–Crippen LogP) is 2.76. The molecule has 4 heteroatoms. The van der Waals surface area contributed by atoms with E-state index in [2.05, 4.69) is 20.9 Å². The summed E-state index contributed by atoms with van der Waals surface area (Å²) >= 11 is 0. The smallest absolute Gasteiger partial charge is 0.145 e. The Balaban J connectivity index is -0.000000208. The van der Waals surface area contributed by atoms with Crippen LogP contribution in [0.2, 0.25) is 0 Å². The maximum absolute atomic E-state index is 4.50. The van der Waals surface area contributed by atoms with Crippen molar-refractivity contribution in [3.05, 3.63) is 72.8 Å². The molecule has 0 saturated carbocycles. The zero-order valence-corrected chi connectivity index (χ0v) is 13.6. The second-order valence-electron chi connectivity index (χ2n) is 3.00. The van der Waals surface area contributed by atoms with Crippen molar-refractivity contribution < 1.29 is 9.47 Å². The van der Waals surface area contributed by atoms with Crippen molar-refractivity contribution in [2.75, 3.05) is 35.1 Å². The molecule has 0 amide bonds. The lowest BCUT2D eigenvalue weighted by molar-refractivity contribution is -0.00271. The Labute approximate surface area is 129 Å². The van der Waals surface area contributed by atoms with E-state index in [0.717, 1.165) is 0 Å². The number of benzene rings is 2. The number of rotatable bonds is 2. The summed E-state index contributed by atoms with van der Waals surface area (Å²) in [5, 5.41) is 0. The minimum Gasteiger partial charge on any atom is -0.359 e. The Kier molecular flexibility index (Phi) is 35.8. The molecule has 120 valence electrons. The predicted molar refractivity (Wildman–Crippen MR) is 92.0 cm³/mol. The van der Waals surface area contributed by atoms with Crippen LogP contribution in [0.4, 0.5) is 0 Å². The van der Waals surface area contributed by atoms with Crippen LogP contribution in [0, 0.1) is 0 Å². The molecule has 0 radical (unpaired) electrons. The highest BCUT2D eigenvalue weighted by molar-refractivity contribution is 4.99. The van der Waals surface area contributed by atoms with Crippen LogP contribution < -0.4 is 11.5 Å². The molecular weight excluding hydrogens is 264 g/mol. The van der Waals surface area contributed by atoms with Crippen molar-refractivity contribution in [3.8, 4) is 0 Å². The molecule has 0 saturated heterocycles. The second kappa shape index (κ2) is 31.0. The molecular formula is C17H30N2O2. The van der Waals surface area contributed by atoms with E-state index in [1.807, 2.05) is 72.8 Å². The molecule has 0 bridgehead atoms. The van der Waals surface area contributed by atoms with Crippen LogP contribution in [0.1, 0.15) is 0 Å². The van der Waals surface area contributed by atoms with Crippen molar-refractivity contribution in [1.82, 2.24) is 0 Å². The number of nitrogens with two attached hydrogens (primary N) is 2. The van der Waals surface area contributed by atoms with E-state index < -0.39 is 0 Å². The van der Waals surface area contributed by atoms with E-state index in [1.54, 1.807) is 14.2 Å². The van der Waals surface area contributed by atoms with Crippen molar-refractivity contribution in [2.45, 2.75) is 0 Å². The molecule has 0 aliphatic rings. The monoisotopic (exact) mass is 294 g/mol. The van der Waals surface area contributed by atoms with Crippen LogP contribution >= 0.6 is 0 Å². The van der Waals surface area contributed by atoms with Gasteiger partial charge in [-0.25, -0.2) is 0 Å². The van der Waals surface area contributed by atoms with E-state index in [4.69, 9.17) is 0 Å². The Bertz CT molecular complexity index is 231. The minimum absolute atomic E-state index is 0.389. The summed E-state index contributed by atoms with van der Waals surface area (Å²) in [6.45, 7) is 0.389. The fraction of sp³-hybridized carbons (Fsp3) is 0.294. The van der Waals surface area contributed by atoms with Gasteiger partial charge in [-0.05, 0) is 14.1 Å². The number of methoxy groups -OCH3 is 2. The van der Waals surface area contributed by atoms with Crippen LogP contribution in [-0.4, -0.2) is 35.1 Å². The van der Waals surface area contributed by atoms with E-state index in [1.165, 1.54) is 14.1 Å².